The van der Waals surface area contributed by atoms with Gasteiger partial charge in [-0.15, -0.1) is 0 Å². The molecule has 4 heteroatoms. The van der Waals surface area contributed by atoms with Gasteiger partial charge in [0.2, 0.25) is 0 Å². The Morgan fingerprint density at radius 2 is 2.00 bits per heavy atom. The predicted octanol–water partition coefficient (Wildman–Crippen LogP) is 2.77. The Morgan fingerprint density at radius 3 is 2.50 bits per heavy atom. The number of rotatable bonds is 1. The van der Waals surface area contributed by atoms with Gasteiger partial charge in [0.1, 0.15) is 6.07 Å². The van der Waals surface area contributed by atoms with Crippen LogP contribution >= 0.6 is 0 Å². The van der Waals surface area contributed by atoms with Crippen LogP contribution in [0.5, 0.6) is 0 Å². The summed E-state index contributed by atoms with van der Waals surface area (Å²) < 4.78 is 0. The lowest BCUT2D eigenvalue weighted by molar-refractivity contribution is 0.207. The topological polar surface area (TPSA) is 97.4 Å². The molecular weight excluding hydrogens is 248 g/mol. The average molecular weight is 266 g/mol. The molecule has 0 radical (unpaired) electrons. The van der Waals surface area contributed by atoms with Crippen LogP contribution in [0.1, 0.15) is 33.1 Å². The maximum Gasteiger partial charge on any atom is 0.187 e. The van der Waals surface area contributed by atoms with E-state index >= 15 is 0 Å². The number of hydrogen-bond donors (Lipinski definition) is 1. The molecule has 0 heterocycles. The summed E-state index contributed by atoms with van der Waals surface area (Å²) >= 11 is 0. The Morgan fingerprint density at radius 1 is 1.35 bits per heavy atom. The molecule has 3 unspecified atom stereocenters. The first kappa shape index (κ1) is 14.2. The number of fused-ring (bicyclic) bond motifs is 1. The first-order chi connectivity index (χ1) is 9.55. The molecule has 4 nitrogen and oxygen atoms in total. The molecule has 102 valence electrons. The molecule has 20 heavy (non-hydrogen) atoms. The highest BCUT2D eigenvalue weighted by molar-refractivity contribution is 5.56. The monoisotopic (exact) mass is 266 g/mol. The number of nitriles is 3. The van der Waals surface area contributed by atoms with E-state index in [1.54, 1.807) is 0 Å². The summed E-state index contributed by atoms with van der Waals surface area (Å²) in [5.41, 5.74) is 6.16. The van der Waals surface area contributed by atoms with Gasteiger partial charge >= 0.3 is 0 Å². The van der Waals surface area contributed by atoms with Crippen molar-refractivity contribution >= 4 is 0 Å². The largest absolute Gasteiger partial charge is 0.399 e. The van der Waals surface area contributed by atoms with E-state index in [-0.39, 0.29) is 17.5 Å². The molecule has 0 aliphatic heterocycles. The van der Waals surface area contributed by atoms with Crippen molar-refractivity contribution in [1.29, 1.82) is 15.8 Å². The highest BCUT2D eigenvalue weighted by Gasteiger charge is 2.52. The van der Waals surface area contributed by atoms with Gasteiger partial charge in [-0.2, -0.15) is 15.8 Å². The van der Waals surface area contributed by atoms with E-state index < -0.39 is 5.41 Å². The zero-order valence-electron chi connectivity index (χ0n) is 11.8. The van der Waals surface area contributed by atoms with Crippen molar-refractivity contribution in [3.63, 3.8) is 0 Å². The second kappa shape index (κ2) is 5.03. The molecule has 0 fully saturated rings. The van der Waals surface area contributed by atoms with Gasteiger partial charge in [0.25, 0.3) is 0 Å². The molecule has 2 N–H and O–H groups in total. The third kappa shape index (κ3) is 1.71. The minimum absolute atomic E-state index is 0.0880. The van der Waals surface area contributed by atoms with Crippen molar-refractivity contribution in [2.45, 2.75) is 33.1 Å². The van der Waals surface area contributed by atoms with Crippen molar-refractivity contribution in [2.75, 3.05) is 0 Å². The van der Waals surface area contributed by atoms with Crippen molar-refractivity contribution in [3.8, 4) is 18.2 Å². The van der Waals surface area contributed by atoms with Crippen LogP contribution in [0.2, 0.25) is 0 Å². The van der Waals surface area contributed by atoms with Crippen LogP contribution in [0.3, 0.4) is 0 Å². The number of nitrogens with two attached hydrogens (primary N) is 1. The van der Waals surface area contributed by atoms with Gasteiger partial charge in [-0.3, -0.25) is 0 Å². The second-order valence-corrected chi connectivity index (χ2v) is 5.79. The molecule has 0 saturated heterocycles. The van der Waals surface area contributed by atoms with E-state index in [0.29, 0.717) is 17.9 Å². The Balaban J connectivity index is 2.73. The van der Waals surface area contributed by atoms with Gasteiger partial charge in [-0.25, -0.2) is 0 Å². The maximum atomic E-state index is 9.57. The summed E-state index contributed by atoms with van der Waals surface area (Å²) in [7, 11) is 0. The van der Waals surface area contributed by atoms with Gasteiger partial charge < -0.3 is 5.73 Å². The molecule has 0 aromatic carbocycles. The zero-order valence-corrected chi connectivity index (χ0v) is 11.8. The quantitative estimate of drug-likeness (QED) is 0.789. The lowest BCUT2D eigenvalue weighted by Crippen LogP contribution is -2.44. The van der Waals surface area contributed by atoms with Crippen molar-refractivity contribution in [1.82, 2.24) is 0 Å². The standard InChI is InChI=1S/C16H18N4/c1-3-14-12-6-10(2)4-5-11(12)13(7-17)15(20)16(14,8-18)9-19/h5,10,12,14H,3-4,6,20H2,1-2H3. The molecule has 0 bridgehead atoms. The summed E-state index contributed by atoms with van der Waals surface area (Å²) in [5.74, 6) is 0.459. The highest BCUT2D eigenvalue weighted by Crippen LogP contribution is 2.53. The van der Waals surface area contributed by atoms with Gasteiger partial charge in [0.15, 0.2) is 5.41 Å². The minimum Gasteiger partial charge on any atom is -0.399 e. The Kier molecular flexibility index (Phi) is 3.56. The summed E-state index contributed by atoms with van der Waals surface area (Å²) in [4.78, 5) is 0. The van der Waals surface area contributed by atoms with E-state index in [1.807, 2.05) is 6.92 Å². The Bertz CT molecular complexity index is 592. The van der Waals surface area contributed by atoms with Gasteiger partial charge in [0, 0.05) is 5.92 Å². The SMILES string of the molecule is CCC1C2CC(C)CC=C2C(C#N)=C(N)C1(C#N)C#N. The number of allylic oxidation sites excluding steroid dienone is 4. The van der Waals surface area contributed by atoms with Crippen LogP contribution in [0.25, 0.3) is 0 Å². The van der Waals surface area contributed by atoms with Crippen LogP contribution in [0, 0.1) is 57.2 Å². The fourth-order valence-corrected chi connectivity index (χ4v) is 3.69. The third-order valence-corrected chi connectivity index (χ3v) is 4.72. The van der Waals surface area contributed by atoms with Crippen LogP contribution in [0.4, 0.5) is 0 Å². The predicted molar refractivity (Wildman–Crippen MR) is 74.2 cm³/mol. The summed E-state index contributed by atoms with van der Waals surface area (Å²) in [6.07, 6.45) is 4.61. The molecule has 2 rings (SSSR count). The second-order valence-electron chi connectivity index (χ2n) is 5.79. The molecular formula is C16H18N4. The smallest absolute Gasteiger partial charge is 0.187 e. The molecule has 0 saturated carbocycles. The first-order valence-corrected chi connectivity index (χ1v) is 6.98. The summed E-state index contributed by atoms with van der Waals surface area (Å²) in [6, 6.07) is 6.34. The fourth-order valence-electron chi connectivity index (χ4n) is 3.69. The van der Waals surface area contributed by atoms with Crippen LogP contribution < -0.4 is 5.73 Å². The lowest BCUT2D eigenvalue weighted by Gasteiger charge is -2.43. The van der Waals surface area contributed by atoms with Crippen molar-refractivity contribution < 1.29 is 0 Å². The van der Waals surface area contributed by atoms with E-state index in [9.17, 15) is 15.8 Å². The fraction of sp³-hybridized carbons (Fsp3) is 0.562. The van der Waals surface area contributed by atoms with Crippen molar-refractivity contribution in [3.05, 3.63) is 22.9 Å². The number of hydrogen-bond acceptors (Lipinski definition) is 4. The molecule has 0 aromatic heterocycles. The average Bonchev–Trinajstić information content (AvgIpc) is 2.46. The van der Waals surface area contributed by atoms with Gasteiger partial charge in [0.05, 0.1) is 23.4 Å². The van der Waals surface area contributed by atoms with E-state index in [2.05, 4.69) is 31.2 Å². The van der Waals surface area contributed by atoms with Crippen LogP contribution in [0.15, 0.2) is 22.9 Å². The summed E-state index contributed by atoms with van der Waals surface area (Å²) in [5, 5.41) is 28.5. The van der Waals surface area contributed by atoms with E-state index in [1.165, 1.54) is 0 Å². The zero-order chi connectivity index (χ0) is 14.9. The molecule has 3 atom stereocenters. The molecule has 0 spiro atoms. The number of nitrogens with zero attached hydrogens (tertiary/aromatic N) is 3. The van der Waals surface area contributed by atoms with Crippen LogP contribution in [-0.2, 0) is 0 Å². The molecule has 2 aliphatic carbocycles. The molecule has 0 aromatic rings. The minimum atomic E-state index is -1.36. The molecule has 0 amide bonds. The maximum absolute atomic E-state index is 9.57. The summed E-state index contributed by atoms with van der Waals surface area (Å²) in [6.45, 7) is 4.14. The van der Waals surface area contributed by atoms with Gasteiger partial charge in [-0.05, 0) is 36.7 Å². The first-order valence-electron chi connectivity index (χ1n) is 6.98. The molecule has 2 aliphatic rings. The van der Waals surface area contributed by atoms with Gasteiger partial charge in [-0.1, -0.05) is 19.9 Å². The Hall–Kier alpha value is -2.25. The third-order valence-electron chi connectivity index (χ3n) is 4.72. The normalized spacial score (nSPS) is 31.4. The lowest BCUT2D eigenvalue weighted by atomic mass is 9.57. The van der Waals surface area contributed by atoms with Crippen LogP contribution in [-0.4, -0.2) is 0 Å². The van der Waals surface area contributed by atoms with E-state index in [4.69, 9.17) is 5.73 Å². The van der Waals surface area contributed by atoms with E-state index in [0.717, 1.165) is 18.4 Å². The van der Waals surface area contributed by atoms with Crippen molar-refractivity contribution in [2.24, 2.45) is 28.9 Å². The highest BCUT2D eigenvalue weighted by atomic mass is 14.7. The Labute approximate surface area is 119 Å².